The first-order chi connectivity index (χ1) is 4.97. The Labute approximate surface area is 61.9 Å². The molecule has 0 unspecified atom stereocenters. The number of nitrogens with zero attached hydrogens (tertiary/aromatic N) is 2. The van der Waals surface area contributed by atoms with Gasteiger partial charge in [-0.15, -0.1) is 0 Å². The molecule has 0 spiro atoms. The third kappa shape index (κ3) is 1.02. The molecule has 2 nitrogen and oxygen atoms in total. The fourth-order valence-corrected chi connectivity index (χ4v) is 1.82. The highest BCUT2D eigenvalue weighted by atomic mass is 15.2. The number of hydrogen-bond acceptors (Lipinski definition) is 2. The minimum atomic E-state index is 0.766. The van der Waals surface area contributed by atoms with Gasteiger partial charge in [0.1, 0.15) is 0 Å². The Morgan fingerprint density at radius 1 is 1.30 bits per heavy atom. The molecule has 2 aliphatic rings. The van der Waals surface area contributed by atoms with E-state index in [9.17, 15) is 0 Å². The van der Waals surface area contributed by atoms with Crippen LogP contribution >= 0.6 is 0 Å². The summed E-state index contributed by atoms with van der Waals surface area (Å²) in [5.74, 6) is 0. The third-order valence-corrected chi connectivity index (χ3v) is 2.47. The van der Waals surface area contributed by atoms with Crippen molar-refractivity contribution in [3.63, 3.8) is 0 Å². The first-order valence-electron chi connectivity index (χ1n) is 4.22. The van der Waals surface area contributed by atoms with Crippen molar-refractivity contribution in [3.05, 3.63) is 0 Å². The smallest absolute Gasteiger partial charge is 0.0853 e. The molecule has 0 aliphatic carbocycles. The van der Waals surface area contributed by atoms with E-state index >= 15 is 0 Å². The monoisotopic (exact) mass is 138 g/mol. The zero-order valence-electron chi connectivity index (χ0n) is 6.29. The van der Waals surface area contributed by atoms with Crippen LogP contribution in [0.4, 0.5) is 0 Å². The van der Waals surface area contributed by atoms with E-state index in [1.165, 1.54) is 32.2 Å². The van der Waals surface area contributed by atoms with Crippen molar-refractivity contribution < 1.29 is 0 Å². The van der Waals surface area contributed by atoms with Crippen molar-refractivity contribution in [3.8, 4) is 0 Å². The van der Waals surface area contributed by atoms with Gasteiger partial charge in [-0.25, -0.2) is 0 Å². The maximum absolute atomic E-state index is 4.27. The van der Waals surface area contributed by atoms with E-state index in [0.29, 0.717) is 0 Å². The average Bonchev–Trinajstić information content (AvgIpc) is 2.28. The zero-order valence-corrected chi connectivity index (χ0v) is 6.29. The molecule has 0 aromatic rings. The Morgan fingerprint density at radius 3 is 3.30 bits per heavy atom. The Hall–Kier alpha value is -0.530. The lowest BCUT2D eigenvalue weighted by Gasteiger charge is -2.19. The van der Waals surface area contributed by atoms with E-state index in [2.05, 4.69) is 9.89 Å². The lowest BCUT2D eigenvalue weighted by molar-refractivity contribution is 0.357. The van der Waals surface area contributed by atoms with Gasteiger partial charge in [0.05, 0.1) is 12.9 Å². The summed E-state index contributed by atoms with van der Waals surface area (Å²) in [4.78, 5) is 6.68. The van der Waals surface area contributed by atoms with Gasteiger partial charge in [0, 0.05) is 12.6 Å². The summed E-state index contributed by atoms with van der Waals surface area (Å²) in [7, 11) is 0. The predicted molar refractivity (Wildman–Crippen MR) is 42.3 cm³/mol. The average molecular weight is 138 g/mol. The number of aliphatic imine (C=N–C) groups is 1. The second-order valence-electron chi connectivity index (χ2n) is 3.22. The number of hydrogen-bond donors (Lipinski definition) is 0. The summed E-state index contributed by atoms with van der Waals surface area (Å²) in [5, 5.41) is 0. The molecule has 0 amide bonds. The van der Waals surface area contributed by atoms with Crippen LogP contribution in [0.25, 0.3) is 0 Å². The Kier molecular flexibility index (Phi) is 1.61. The summed E-state index contributed by atoms with van der Waals surface area (Å²) in [5.41, 5.74) is 0. The van der Waals surface area contributed by atoms with E-state index in [0.717, 1.165) is 12.6 Å². The first-order valence-corrected chi connectivity index (χ1v) is 4.22. The van der Waals surface area contributed by atoms with Crippen molar-refractivity contribution in [1.29, 1.82) is 0 Å². The van der Waals surface area contributed by atoms with Crippen molar-refractivity contribution in [2.75, 3.05) is 13.1 Å². The second-order valence-corrected chi connectivity index (χ2v) is 3.22. The SMILES string of the molecule is C1=NC[C@@H]2CCCCCN12. The minimum absolute atomic E-state index is 0.766. The maximum Gasteiger partial charge on any atom is 0.0853 e. The molecule has 2 rings (SSSR count). The van der Waals surface area contributed by atoms with Crippen molar-refractivity contribution in [2.45, 2.75) is 31.7 Å². The molecule has 0 bridgehead atoms. The molecule has 0 radical (unpaired) electrons. The maximum atomic E-state index is 4.27. The van der Waals surface area contributed by atoms with Gasteiger partial charge in [0.25, 0.3) is 0 Å². The molecule has 10 heavy (non-hydrogen) atoms. The van der Waals surface area contributed by atoms with Gasteiger partial charge < -0.3 is 4.90 Å². The molecule has 0 saturated carbocycles. The van der Waals surface area contributed by atoms with Gasteiger partial charge in [0.2, 0.25) is 0 Å². The summed E-state index contributed by atoms with van der Waals surface area (Å²) in [6, 6.07) is 0.766. The van der Waals surface area contributed by atoms with Gasteiger partial charge in [0.15, 0.2) is 0 Å². The van der Waals surface area contributed by atoms with Crippen LogP contribution in [0.5, 0.6) is 0 Å². The highest BCUT2D eigenvalue weighted by Gasteiger charge is 2.21. The van der Waals surface area contributed by atoms with Crippen LogP contribution in [-0.2, 0) is 0 Å². The normalized spacial score (nSPS) is 32.0. The summed E-state index contributed by atoms with van der Waals surface area (Å²) >= 11 is 0. The molecule has 0 N–H and O–H groups in total. The molecule has 2 aliphatic heterocycles. The first kappa shape index (κ1) is 6.20. The summed E-state index contributed by atoms with van der Waals surface area (Å²) < 4.78 is 0. The van der Waals surface area contributed by atoms with Gasteiger partial charge in [-0.2, -0.15) is 0 Å². The molecule has 1 fully saturated rings. The highest BCUT2D eigenvalue weighted by Crippen LogP contribution is 2.18. The largest absolute Gasteiger partial charge is 0.358 e. The summed E-state index contributed by atoms with van der Waals surface area (Å²) in [6.45, 7) is 2.30. The highest BCUT2D eigenvalue weighted by molar-refractivity contribution is 5.58. The van der Waals surface area contributed by atoms with Crippen LogP contribution in [0.15, 0.2) is 4.99 Å². The van der Waals surface area contributed by atoms with Gasteiger partial charge in [-0.05, 0) is 12.8 Å². The minimum Gasteiger partial charge on any atom is -0.358 e. The third-order valence-electron chi connectivity index (χ3n) is 2.47. The van der Waals surface area contributed by atoms with E-state index in [1.54, 1.807) is 0 Å². The van der Waals surface area contributed by atoms with Gasteiger partial charge >= 0.3 is 0 Å². The fraction of sp³-hybridized carbons (Fsp3) is 0.875. The molecule has 0 aromatic carbocycles. The van der Waals surface area contributed by atoms with Crippen LogP contribution in [-0.4, -0.2) is 30.4 Å². The molecule has 0 aromatic heterocycles. The standard InChI is InChI=1S/C8H14N2/c1-2-4-8-6-9-7-10(8)5-3-1/h7-8H,1-6H2/t8-/m0/s1. The lowest BCUT2D eigenvalue weighted by Crippen LogP contribution is -2.30. The van der Waals surface area contributed by atoms with E-state index < -0.39 is 0 Å². The number of fused-ring (bicyclic) bond motifs is 1. The molecule has 56 valence electrons. The Bertz CT molecular complexity index is 142. The quantitative estimate of drug-likeness (QED) is 0.492. The molecule has 2 heterocycles. The van der Waals surface area contributed by atoms with Gasteiger partial charge in [-0.3, -0.25) is 4.99 Å². The topological polar surface area (TPSA) is 15.6 Å². The van der Waals surface area contributed by atoms with Crippen LogP contribution in [0.2, 0.25) is 0 Å². The Morgan fingerprint density at radius 2 is 2.30 bits per heavy atom. The molecule has 1 saturated heterocycles. The predicted octanol–water partition coefficient (Wildman–Crippen LogP) is 1.27. The van der Waals surface area contributed by atoms with Crippen LogP contribution in [0, 0.1) is 0 Å². The summed E-state index contributed by atoms with van der Waals surface area (Å²) in [6.07, 6.45) is 7.59. The fourth-order valence-electron chi connectivity index (χ4n) is 1.82. The molecular formula is C8H14N2. The Balaban J connectivity index is 2.00. The van der Waals surface area contributed by atoms with Crippen LogP contribution in [0.3, 0.4) is 0 Å². The lowest BCUT2D eigenvalue weighted by atomic mass is 10.1. The van der Waals surface area contributed by atoms with E-state index in [1.807, 2.05) is 6.34 Å². The van der Waals surface area contributed by atoms with Crippen LogP contribution < -0.4 is 0 Å². The second kappa shape index (κ2) is 2.60. The number of rotatable bonds is 0. The molecule has 1 atom stereocenters. The van der Waals surface area contributed by atoms with Crippen molar-refractivity contribution >= 4 is 6.34 Å². The molecular weight excluding hydrogens is 124 g/mol. The van der Waals surface area contributed by atoms with E-state index in [-0.39, 0.29) is 0 Å². The van der Waals surface area contributed by atoms with E-state index in [4.69, 9.17) is 0 Å². The zero-order chi connectivity index (χ0) is 6.81. The van der Waals surface area contributed by atoms with Crippen molar-refractivity contribution in [2.24, 2.45) is 4.99 Å². The van der Waals surface area contributed by atoms with Crippen molar-refractivity contribution in [1.82, 2.24) is 4.90 Å². The van der Waals surface area contributed by atoms with Gasteiger partial charge in [-0.1, -0.05) is 12.8 Å². The molecule has 2 heteroatoms. The van der Waals surface area contributed by atoms with Crippen LogP contribution in [0.1, 0.15) is 25.7 Å².